The highest BCUT2D eigenvalue weighted by Crippen LogP contribution is 2.22. The van der Waals surface area contributed by atoms with Crippen molar-refractivity contribution in [1.82, 2.24) is 15.2 Å². The molecule has 108 valence electrons. The van der Waals surface area contributed by atoms with E-state index < -0.39 is 5.54 Å². The number of nitrogens with one attached hydrogen (secondary N) is 1. The molecule has 1 aromatic heterocycles. The molecule has 1 aliphatic rings. The molecule has 1 saturated heterocycles. The lowest BCUT2D eigenvalue weighted by Crippen LogP contribution is -2.44. The average molecular weight is 293 g/mol. The third-order valence-electron chi connectivity index (χ3n) is 3.39. The first-order chi connectivity index (χ1) is 9.51. The van der Waals surface area contributed by atoms with Gasteiger partial charge < -0.3 is 4.90 Å². The Labute approximate surface area is 123 Å². The smallest absolute Gasteiger partial charge is 0.310 e. The van der Waals surface area contributed by atoms with E-state index in [4.69, 9.17) is 0 Å². The van der Waals surface area contributed by atoms with Gasteiger partial charge in [0.1, 0.15) is 5.54 Å². The van der Waals surface area contributed by atoms with Crippen molar-refractivity contribution in [1.29, 1.82) is 0 Å². The summed E-state index contributed by atoms with van der Waals surface area (Å²) < 4.78 is 0. The fourth-order valence-electron chi connectivity index (χ4n) is 2.07. The summed E-state index contributed by atoms with van der Waals surface area (Å²) in [5, 5.41) is 2.36. The SMILES string of the molecule is CC1(C)C(=O)NC(=O)N1CCCCSc1ccncc1. The summed E-state index contributed by atoms with van der Waals surface area (Å²) in [6.07, 6.45) is 5.46. The first-order valence-electron chi connectivity index (χ1n) is 6.67. The van der Waals surface area contributed by atoms with Gasteiger partial charge in [-0.3, -0.25) is 15.1 Å². The topological polar surface area (TPSA) is 62.3 Å². The monoisotopic (exact) mass is 293 g/mol. The number of amides is 3. The number of aromatic nitrogens is 1. The second-order valence-corrected chi connectivity index (χ2v) is 6.38. The Hall–Kier alpha value is -1.56. The summed E-state index contributed by atoms with van der Waals surface area (Å²) >= 11 is 1.78. The zero-order valence-corrected chi connectivity index (χ0v) is 12.6. The van der Waals surface area contributed by atoms with Crippen LogP contribution < -0.4 is 5.32 Å². The molecule has 0 aliphatic carbocycles. The summed E-state index contributed by atoms with van der Waals surface area (Å²) in [6.45, 7) is 4.17. The second-order valence-electron chi connectivity index (χ2n) is 5.21. The van der Waals surface area contributed by atoms with E-state index in [1.54, 1.807) is 42.9 Å². The molecule has 5 nitrogen and oxygen atoms in total. The molecule has 1 N–H and O–H groups in total. The maximum atomic E-state index is 11.7. The number of nitrogens with zero attached hydrogens (tertiary/aromatic N) is 2. The fourth-order valence-corrected chi connectivity index (χ4v) is 2.97. The Morgan fingerprint density at radius 1 is 1.25 bits per heavy atom. The van der Waals surface area contributed by atoms with Crippen LogP contribution in [0.2, 0.25) is 0 Å². The van der Waals surface area contributed by atoms with Crippen LogP contribution >= 0.6 is 11.8 Å². The number of pyridine rings is 1. The number of carbonyl (C=O) groups excluding carboxylic acids is 2. The lowest BCUT2D eigenvalue weighted by atomic mass is 10.0. The van der Waals surface area contributed by atoms with E-state index in [0.717, 1.165) is 18.6 Å². The lowest BCUT2D eigenvalue weighted by Gasteiger charge is -2.27. The minimum absolute atomic E-state index is 0.214. The van der Waals surface area contributed by atoms with Crippen molar-refractivity contribution in [2.24, 2.45) is 0 Å². The van der Waals surface area contributed by atoms with Gasteiger partial charge in [0.05, 0.1) is 0 Å². The predicted octanol–water partition coefficient (Wildman–Crippen LogP) is 2.28. The molecule has 1 aromatic rings. The van der Waals surface area contributed by atoms with Gasteiger partial charge in [-0.2, -0.15) is 0 Å². The molecule has 0 aromatic carbocycles. The Bertz CT molecular complexity index is 490. The standard InChI is InChI=1S/C14H19N3O2S/c1-14(2)12(18)16-13(19)17(14)9-3-4-10-20-11-5-7-15-8-6-11/h5-8H,3-4,9-10H2,1-2H3,(H,16,18,19). The number of imide groups is 1. The van der Waals surface area contributed by atoms with E-state index >= 15 is 0 Å². The Morgan fingerprint density at radius 3 is 2.55 bits per heavy atom. The van der Waals surface area contributed by atoms with E-state index in [1.165, 1.54) is 4.90 Å². The zero-order valence-electron chi connectivity index (χ0n) is 11.8. The van der Waals surface area contributed by atoms with Crippen molar-refractivity contribution >= 4 is 23.7 Å². The molecule has 0 unspecified atom stereocenters. The molecule has 20 heavy (non-hydrogen) atoms. The van der Waals surface area contributed by atoms with Crippen molar-refractivity contribution in [3.8, 4) is 0 Å². The lowest BCUT2D eigenvalue weighted by molar-refractivity contribution is -0.125. The van der Waals surface area contributed by atoms with Crippen LogP contribution in [-0.4, -0.2) is 39.7 Å². The maximum Gasteiger partial charge on any atom is 0.324 e. The van der Waals surface area contributed by atoms with Gasteiger partial charge in [-0.05, 0) is 44.6 Å². The molecular weight excluding hydrogens is 274 g/mol. The number of hydrogen-bond donors (Lipinski definition) is 1. The van der Waals surface area contributed by atoms with Crippen LogP contribution in [0.5, 0.6) is 0 Å². The highest BCUT2D eigenvalue weighted by Gasteiger charge is 2.44. The predicted molar refractivity (Wildman–Crippen MR) is 78.5 cm³/mol. The first-order valence-corrected chi connectivity index (χ1v) is 7.66. The largest absolute Gasteiger partial charge is 0.324 e. The van der Waals surface area contributed by atoms with Crippen molar-refractivity contribution in [2.75, 3.05) is 12.3 Å². The van der Waals surface area contributed by atoms with Gasteiger partial charge in [0.25, 0.3) is 5.91 Å². The van der Waals surface area contributed by atoms with Crippen LogP contribution in [0.1, 0.15) is 26.7 Å². The molecule has 0 bridgehead atoms. The van der Waals surface area contributed by atoms with E-state index in [0.29, 0.717) is 6.54 Å². The van der Waals surface area contributed by atoms with Gasteiger partial charge in [-0.25, -0.2) is 4.79 Å². The van der Waals surface area contributed by atoms with Gasteiger partial charge >= 0.3 is 6.03 Å². The zero-order chi connectivity index (χ0) is 14.6. The quantitative estimate of drug-likeness (QED) is 0.496. The van der Waals surface area contributed by atoms with Crippen LogP contribution in [0.3, 0.4) is 0 Å². The molecule has 0 atom stereocenters. The van der Waals surface area contributed by atoms with Gasteiger partial charge in [0.15, 0.2) is 0 Å². The number of unbranched alkanes of at least 4 members (excludes halogenated alkanes) is 1. The fraction of sp³-hybridized carbons (Fsp3) is 0.500. The van der Waals surface area contributed by atoms with Crippen molar-refractivity contribution in [2.45, 2.75) is 37.1 Å². The number of rotatable bonds is 6. The van der Waals surface area contributed by atoms with E-state index in [2.05, 4.69) is 10.3 Å². The second kappa shape index (κ2) is 6.26. The van der Waals surface area contributed by atoms with Crippen LogP contribution in [0.25, 0.3) is 0 Å². The Balaban J connectivity index is 1.71. The molecule has 0 saturated carbocycles. The molecule has 6 heteroatoms. The molecule has 2 heterocycles. The Kier molecular flexibility index (Phi) is 4.65. The third kappa shape index (κ3) is 3.30. The highest BCUT2D eigenvalue weighted by molar-refractivity contribution is 7.99. The molecule has 0 radical (unpaired) electrons. The molecule has 1 aliphatic heterocycles. The first kappa shape index (κ1) is 14.8. The summed E-state index contributed by atoms with van der Waals surface area (Å²) in [4.78, 5) is 30.1. The molecule has 3 amide bonds. The summed E-state index contributed by atoms with van der Waals surface area (Å²) in [5.41, 5.74) is -0.727. The molecule has 2 rings (SSSR count). The molecule has 0 spiro atoms. The normalized spacial score (nSPS) is 17.4. The van der Waals surface area contributed by atoms with E-state index in [-0.39, 0.29) is 11.9 Å². The highest BCUT2D eigenvalue weighted by atomic mass is 32.2. The van der Waals surface area contributed by atoms with Crippen molar-refractivity contribution in [3.05, 3.63) is 24.5 Å². The van der Waals surface area contributed by atoms with Crippen LogP contribution in [0.4, 0.5) is 4.79 Å². The number of carbonyl (C=O) groups is 2. The van der Waals surface area contributed by atoms with Crippen LogP contribution in [-0.2, 0) is 4.79 Å². The minimum atomic E-state index is -0.727. The van der Waals surface area contributed by atoms with Gasteiger partial charge in [0, 0.05) is 23.8 Å². The van der Waals surface area contributed by atoms with E-state index in [1.807, 2.05) is 12.1 Å². The summed E-state index contributed by atoms with van der Waals surface area (Å²) in [7, 11) is 0. The molecule has 1 fully saturated rings. The van der Waals surface area contributed by atoms with E-state index in [9.17, 15) is 9.59 Å². The number of urea groups is 1. The number of hydrogen-bond acceptors (Lipinski definition) is 4. The summed E-state index contributed by atoms with van der Waals surface area (Å²) in [5.74, 6) is 0.780. The maximum absolute atomic E-state index is 11.7. The number of thioether (sulfide) groups is 1. The van der Waals surface area contributed by atoms with Gasteiger partial charge in [0.2, 0.25) is 0 Å². The van der Waals surface area contributed by atoms with Gasteiger partial charge in [-0.15, -0.1) is 11.8 Å². The van der Waals surface area contributed by atoms with Crippen molar-refractivity contribution in [3.63, 3.8) is 0 Å². The Morgan fingerprint density at radius 2 is 1.95 bits per heavy atom. The van der Waals surface area contributed by atoms with Gasteiger partial charge in [-0.1, -0.05) is 0 Å². The summed E-state index contributed by atoms with van der Waals surface area (Å²) in [6, 6.07) is 3.70. The van der Waals surface area contributed by atoms with Crippen LogP contribution in [0, 0.1) is 0 Å². The minimum Gasteiger partial charge on any atom is -0.310 e. The van der Waals surface area contributed by atoms with Crippen molar-refractivity contribution < 1.29 is 9.59 Å². The third-order valence-corrected chi connectivity index (χ3v) is 4.49. The average Bonchev–Trinajstić information content (AvgIpc) is 2.61. The van der Waals surface area contributed by atoms with Crippen LogP contribution in [0.15, 0.2) is 29.4 Å². The molecular formula is C14H19N3O2S.